The summed E-state index contributed by atoms with van der Waals surface area (Å²) < 4.78 is 6.66. The average molecular weight is 320 g/mol. The van der Waals surface area contributed by atoms with Gasteiger partial charge in [0.2, 0.25) is 0 Å². The number of methoxy groups -OCH3 is 1. The van der Waals surface area contributed by atoms with Crippen LogP contribution in [0.5, 0.6) is 5.75 Å². The Kier molecular flexibility index (Phi) is 3.27. The topological polar surface area (TPSA) is 35.2 Å². The fourth-order valence-electron chi connectivity index (χ4n) is 3.22. The van der Waals surface area contributed by atoms with Crippen molar-refractivity contribution in [2.75, 3.05) is 7.11 Å². The van der Waals surface area contributed by atoms with E-state index in [1.165, 1.54) is 29.2 Å². The standard InChI is InChI=1S/C16H18BrNO/c1-19-14-7-4-11-10-12(17)5-6-13(11)15(14)16(18)8-2-3-9-16/h4-7,10H,2-3,8-9,18H2,1H3. The summed E-state index contributed by atoms with van der Waals surface area (Å²) in [6.07, 6.45) is 4.48. The largest absolute Gasteiger partial charge is 0.496 e. The van der Waals surface area contributed by atoms with Crippen LogP contribution in [0.4, 0.5) is 0 Å². The maximum absolute atomic E-state index is 6.67. The first-order valence-electron chi connectivity index (χ1n) is 6.70. The number of hydrogen-bond acceptors (Lipinski definition) is 2. The van der Waals surface area contributed by atoms with Crippen LogP contribution < -0.4 is 10.5 Å². The van der Waals surface area contributed by atoms with Crippen LogP contribution in [0.15, 0.2) is 34.8 Å². The number of hydrogen-bond donors (Lipinski definition) is 1. The number of ether oxygens (including phenoxy) is 1. The summed E-state index contributed by atoms with van der Waals surface area (Å²) in [4.78, 5) is 0. The van der Waals surface area contributed by atoms with Crippen molar-refractivity contribution in [3.63, 3.8) is 0 Å². The highest BCUT2D eigenvalue weighted by molar-refractivity contribution is 9.10. The Balaban J connectivity index is 2.30. The maximum atomic E-state index is 6.67. The molecule has 3 heteroatoms. The van der Waals surface area contributed by atoms with Gasteiger partial charge in [-0.05, 0) is 41.8 Å². The molecule has 0 aliphatic heterocycles. The van der Waals surface area contributed by atoms with Crippen LogP contribution in [0.2, 0.25) is 0 Å². The van der Waals surface area contributed by atoms with Gasteiger partial charge in [-0.15, -0.1) is 0 Å². The molecule has 100 valence electrons. The van der Waals surface area contributed by atoms with Gasteiger partial charge >= 0.3 is 0 Å². The van der Waals surface area contributed by atoms with Crippen molar-refractivity contribution in [1.82, 2.24) is 0 Å². The van der Waals surface area contributed by atoms with Gasteiger partial charge in [0.1, 0.15) is 5.75 Å². The molecule has 2 N–H and O–H groups in total. The molecule has 1 aliphatic rings. The zero-order valence-electron chi connectivity index (χ0n) is 11.1. The molecule has 19 heavy (non-hydrogen) atoms. The number of benzene rings is 2. The van der Waals surface area contributed by atoms with E-state index in [1.54, 1.807) is 7.11 Å². The van der Waals surface area contributed by atoms with E-state index in [2.05, 4.69) is 40.2 Å². The van der Waals surface area contributed by atoms with E-state index in [0.29, 0.717) is 0 Å². The highest BCUT2D eigenvalue weighted by Gasteiger charge is 2.35. The molecular formula is C16H18BrNO. The lowest BCUT2D eigenvalue weighted by atomic mass is 9.85. The Hall–Kier alpha value is -1.06. The van der Waals surface area contributed by atoms with E-state index in [1.807, 2.05) is 6.07 Å². The van der Waals surface area contributed by atoms with Crippen LogP contribution >= 0.6 is 15.9 Å². The van der Waals surface area contributed by atoms with E-state index >= 15 is 0 Å². The Labute approximate surface area is 122 Å². The van der Waals surface area contributed by atoms with E-state index < -0.39 is 0 Å². The molecule has 0 bridgehead atoms. The van der Waals surface area contributed by atoms with Gasteiger partial charge in [-0.25, -0.2) is 0 Å². The number of nitrogens with two attached hydrogens (primary N) is 1. The summed E-state index contributed by atoms with van der Waals surface area (Å²) in [7, 11) is 1.72. The normalized spacial score (nSPS) is 17.8. The van der Waals surface area contributed by atoms with Crippen LogP contribution in [0.3, 0.4) is 0 Å². The predicted octanol–water partition coefficient (Wildman–Crippen LogP) is 4.34. The fourth-order valence-corrected chi connectivity index (χ4v) is 3.60. The number of halogens is 1. The van der Waals surface area contributed by atoms with Crippen molar-refractivity contribution >= 4 is 26.7 Å². The molecule has 1 fully saturated rings. The Morgan fingerprint density at radius 2 is 1.89 bits per heavy atom. The molecule has 0 radical (unpaired) electrons. The first-order chi connectivity index (χ1) is 9.14. The van der Waals surface area contributed by atoms with Crippen molar-refractivity contribution in [2.45, 2.75) is 31.2 Å². The van der Waals surface area contributed by atoms with Crippen LogP contribution in [-0.4, -0.2) is 7.11 Å². The zero-order valence-corrected chi connectivity index (χ0v) is 12.7. The summed E-state index contributed by atoms with van der Waals surface area (Å²) in [6, 6.07) is 10.5. The lowest BCUT2D eigenvalue weighted by molar-refractivity contribution is 0.382. The molecular weight excluding hydrogens is 302 g/mol. The molecule has 2 nitrogen and oxygen atoms in total. The fraction of sp³-hybridized carbons (Fsp3) is 0.375. The summed E-state index contributed by atoms with van der Waals surface area (Å²) in [6.45, 7) is 0. The molecule has 1 saturated carbocycles. The predicted molar refractivity (Wildman–Crippen MR) is 82.5 cm³/mol. The van der Waals surface area contributed by atoms with Crippen molar-refractivity contribution in [2.24, 2.45) is 5.73 Å². The highest BCUT2D eigenvalue weighted by atomic mass is 79.9. The molecule has 0 aromatic heterocycles. The van der Waals surface area contributed by atoms with Crippen molar-refractivity contribution in [1.29, 1.82) is 0 Å². The van der Waals surface area contributed by atoms with Gasteiger partial charge < -0.3 is 10.5 Å². The quantitative estimate of drug-likeness (QED) is 0.893. The Bertz CT molecular complexity index is 617. The highest BCUT2D eigenvalue weighted by Crippen LogP contribution is 2.44. The third-order valence-corrected chi connectivity index (χ3v) is 4.65. The van der Waals surface area contributed by atoms with E-state index in [0.717, 1.165) is 23.1 Å². The van der Waals surface area contributed by atoms with Gasteiger partial charge in [-0.3, -0.25) is 0 Å². The SMILES string of the molecule is COc1ccc2cc(Br)ccc2c1C1(N)CCCC1. The van der Waals surface area contributed by atoms with Gasteiger partial charge in [0, 0.05) is 15.6 Å². The van der Waals surface area contributed by atoms with Crippen molar-refractivity contribution in [3.8, 4) is 5.75 Å². The third kappa shape index (κ3) is 2.15. The first-order valence-corrected chi connectivity index (χ1v) is 7.49. The molecule has 2 aromatic rings. The number of fused-ring (bicyclic) bond motifs is 1. The van der Waals surface area contributed by atoms with Gasteiger partial charge in [0.05, 0.1) is 7.11 Å². The molecule has 0 unspecified atom stereocenters. The zero-order chi connectivity index (χ0) is 13.5. The maximum Gasteiger partial charge on any atom is 0.124 e. The minimum Gasteiger partial charge on any atom is -0.496 e. The number of rotatable bonds is 2. The lowest BCUT2D eigenvalue weighted by Gasteiger charge is -2.28. The third-order valence-electron chi connectivity index (χ3n) is 4.16. The van der Waals surface area contributed by atoms with Crippen LogP contribution in [0, 0.1) is 0 Å². The smallest absolute Gasteiger partial charge is 0.124 e. The Morgan fingerprint density at radius 3 is 2.58 bits per heavy atom. The van der Waals surface area contributed by atoms with Gasteiger partial charge in [-0.2, -0.15) is 0 Å². The first kappa shape index (κ1) is 12.9. The van der Waals surface area contributed by atoms with Crippen molar-refractivity contribution < 1.29 is 4.74 Å². The minimum atomic E-state index is -0.237. The van der Waals surface area contributed by atoms with E-state index in [9.17, 15) is 0 Å². The molecule has 0 saturated heterocycles. The minimum absolute atomic E-state index is 0.237. The second kappa shape index (κ2) is 4.80. The summed E-state index contributed by atoms with van der Waals surface area (Å²) in [5, 5.41) is 2.42. The molecule has 2 aromatic carbocycles. The molecule has 0 atom stereocenters. The van der Waals surface area contributed by atoms with E-state index in [4.69, 9.17) is 10.5 Å². The Morgan fingerprint density at radius 1 is 1.16 bits per heavy atom. The van der Waals surface area contributed by atoms with Crippen LogP contribution in [-0.2, 0) is 5.54 Å². The summed E-state index contributed by atoms with van der Waals surface area (Å²) >= 11 is 3.53. The molecule has 0 amide bonds. The van der Waals surface area contributed by atoms with Crippen molar-refractivity contribution in [3.05, 3.63) is 40.4 Å². The molecule has 3 rings (SSSR count). The van der Waals surface area contributed by atoms with Gasteiger partial charge in [0.15, 0.2) is 0 Å². The monoisotopic (exact) mass is 319 g/mol. The van der Waals surface area contributed by atoms with Gasteiger partial charge in [-0.1, -0.05) is 40.9 Å². The van der Waals surface area contributed by atoms with Crippen LogP contribution in [0.25, 0.3) is 10.8 Å². The molecule has 0 spiro atoms. The second-order valence-corrected chi connectivity index (χ2v) is 6.29. The molecule has 1 aliphatic carbocycles. The van der Waals surface area contributed by atoms with E-state index in [-0.39, 0.29) is 5.54 Å². The second-order valence-electron chi connectivity index (χ2n) is 5.37. The average Bonchev–Trinajstić information content (AvgIpc) is 2.85. The summed E-state index contributed by atoms with van der Waals surface area (Å²) in [5.41, 5.74) is 7.61. The summed E-state index contributed by atoms with van der Waals surface area (Å²) in [5.74, 6) is 0.916. The van der Waals surface area contributed by atoms with Crippen LogP contribution in [0.1, 0.15) is 31.2 Å². The van der Waals surface area contributed by atoms with Gasteiger partial charge in [0.25, 0.3) is 0 Å². The lowest BCUT2D eigenvalue weighted by Crippen LogP contribution is -2.33. The molecule has 0 heterocycles.